The van der Waals surface area contributed by atoms with E-state index in [0.717, 1.165) is 0 Å². The third-order valence-electron chi connectivity index (χ3n) is 0.777. The Bertz CT molecular complexity index is 106. The largest absolute Gasteiger partial charge is 0.370 e. The first-order valence-electron chi connectivity index (χ1n) is 2.72. The molecule has 0 saturated carbocycles. The Hall–Kier alpha value is -0.860. The zero-order valence-electron chi connectivity index (χ0n) is 5.39. The standard InChI is InChI=1S/C6H10NO2/c1-5(8)3-2-4-6(7)9/h2H,3-4H2,1H3,(H2,7,9). The summed E-state index contributed by atoms with van der Waals surface area (Å²) in [6.45, 7) is 1.47. The molecule has 0 aromatic rings. The fourth-order valence-electron chi connectivity index (χ4n) is 0.418. The maximum absolute atomic E-state index is 10.2. The third kappa shape index (κ3) is 7.14. The van der Waals surface area contributed by atoms with Crippen molar-refractivity contribution in [1.29, 1.82) is 0 Å². The number of amides is 1. The number of nitrogens with two attached hydrogens (primary N) is 1. The van der Waals surface area contributed by atoms with E-state index >= 15 is 0 Å². The van der Waals surface area contributed by atoms with Gasteiger partial charge in [-0.25, -0.2) is 0 Å². The molecule has 51 valence electrons. The van der Waals surface area contributed by atoms with Crippen LogP contribution in [-0.2, 0) is 9.59 Å². The first kappa shape index (κ1) is 8.14. The Labute approximate surface area is 54.2 Å². The summed E-state index contributed by atoms with van der Waals surface area (Å²) in [6, 6.07) is 0. The quantitative estimate of drug-likeness (QED) is 0.581. The molecule has 0 aromatic carbocycles. The van der Waals surface area contributed by atoms with E-state index in [1.165, 1.54) is 6.92 Å². The first-order valence-corrected chi connectivity index (χ1v) is 2.72. The maximum atomic E-state index is 10.2. The molecule has 9 heavy (non-hydrogen) atoms. The van der Waals surface area contributed by atoms with Crippen LogP contribution < -0.4 is 5.73 Å². The minimum Gasteiger partial charge on any atom is -0.370 e. The summed E-state index contributed by atoms with van der Waals surface area (Å²) in [6.07, 6.45) is 2.10. The summed E-state index contributed by atoms with van der Waals surface area (Å²) in [7, 11) is 0. The predicted octanol–water partition coefficient (Wildman–Crippen LogP) is 0.0452. The van der Waals surface area contributed by atoms with Gasteiger partial charge in [0.05, 0.1) is 0 Å². The molecule has 0 aliphatic rings. The van der Waals surface area contributed by atoms with Crippen molar-refractivity contribution >= 4 is 11.7 Å². The summed E-state index contributed by atoms with van der Waals surface area (Å²) in [5, 5.41) is 0. The van der Waals surface area contributed by atoms with Crippen LogP contribution in [0.1, 0.15) is 19.8 Å². The highest BCUT2D eigenvalue weighted by molar-refractivity contribution is 5.79. The van der Waals surface area contributed by atoms with Crippen LogP contribution in [0.2, 0.25) is 0 Å². The zero-order chi connectivity index (χ0) is 7.28. The lowest BCUT2D eigenvalue weighted by Gasteiger charge is -1.90. The van der Waals surface area contributed by atoms with Gasteiger partial charge in [-0.3, -0.25) is 4.79 Å². The van der Waals surface area contributed by atoms with Crippen molar-refractivity contribution in [3.63, 3.8) is 0 Å². The van der Waals surface area contributed by atoms with Crippen molar-refractivity contribution in [3.05, 3.63) is 6.42 Å². The lowest BCUT2D eigenvalue weighted by Crippen LogP contribution is -2.10. The molecule has 0 unspecified atom stereocenters. The molecule has 0 aliphatic carbocycles. The molecule has 0 aliphatic heterocycles. The van der Waals surface area contributed by atoms with Crippen molar-refractivity contribution in [2.24, 2.45) is 5.73 Å². The van der Waals surface area contributed by atoms with Crippen LogP contribution in [0, 0.1) is 6.42 Å². The van der Waals surface area contributed by atoms with E-state index in [9.17, 15) is 9.59 Å². The number of carbonyl (C=O) groups excluding carboxylic acids is 2. The number of rotatable bonds is 4. The lowest BCUT2D eigenvalue weighted by molar-refractivity contribution is -0.117. The highest BCUT2D eigenvalue weighted by atomic mass is 16.1. The summed E-state index contributed by atoms with van der Waals surface area (Å²) in [5.74, 6) is -0.340. The molecule has 2 N–H and O–H groups in total. The van der Waals surface area contributed by atoms with Crippen LogP contribution in [0.15, 0.2) is 0 Å². The Balaban J connectivity index is 3.10. The van der Waals surface area contributed by atoms with E-state index in [0.29, 0.717) is 6.42 Å². The van der Waals surface area contributed by atoms with Crippen molar-refractivity contribution in [2.75, 3.05) is 0 Å². The van der Waals surface area contributed by atoms with Gasteiger partial charge in [-0.2, -0.15) is 0 Å². The van der Waals surface area contributed by atoms with Gasteiger partial charge in [-0.05, 0) is 13.3 Å². The SMILES string of the molecule is CC(=O)C[CH]CC(N)=O. The minimum atomic E-state index is -0.392. The molecule has 0 fully saturated rings. The molecule has 1 radical (unpaired) electrons. The maximum Gasteiger partial charge on any atom is 0.217 e. The van der Waals surface area contributed by atoms with Gasteiger partial charge in [0, 0.05) is 12.8 Å². The second-order valence-corrected chi connectivity index (χ2v) is 1.87. The van der Waals surface area contributed by atoms with E-state index in [2.05, 4.69) is 0 Å². The van der Waals surface area contributed by atoms with E-state index < -0.39 is 5.91 Å². The first-order chi connectivity index (χ1) is 4.13. The topological polar surface area (TPSA) is 60.2 Å². The number of ketones is 1. The van der Waals surface area contributed by atoms with Gasteiger partial charge in [-0.1, -0.05) is 0 Å². The molecule has 0 aromatic heterocycles. The minimum absolute atomic E-state index is 0.0521. The molecule has 0 spiro atoms. The van der Waals surface area contributed by atoms with Crippen LogP contribution >= 0.6 is 0 Å². The van der Waals surface area contributed by atoms with Crippen LogP contribution in [0.4, 0.5) is 0 Å². The number of hydrogen-bond donors (Lipinski definition) is 1. The van der Waals surface area contributed by atoms with Crippen LogP contribution in [0.3, 0.4) is 0 Å². The van der Waals surface area contributed by atoms with Gasteiger partial charge in [-0.15, -0.1) is 0 Å². The normalized spacial score (nSPS) is 9.00. The van der Waals surface area contributed by atoms with Gasteiger partial charge in [0.1, 0.15) is 5.78 Å². The van der Waals surface area contributed by atoms with Crippen LogP contribution in [0.5, 0.6) is 0 Å². The molecular formula is C6H10NO2. The number of primary amides is 1. The van der Waals surface area contributed by atoms with Gasteiger partial charge < -0.3 is 10.5 Å². The molecule has 0 saturated heterocycles. The third-order valence-corrected chi connectivity index (χ3v) is 0.777. The number of carbonyl (C=O) groups is 2. The van der Waals surface area contributed by atoms with E-state index in [1.807, 2.05) is 0 Å². The Morgan fingerprint density at radius 1 is 1.44 bits per heavy atom. The molecule has 3 nitrogen and oxygen atoms in total. The smallest absolute Gasteiger partial charge is 0.217 e. The predicted molar refractivity (Wildman–Crippen MR) is 33.4 cm³/mol. The van der Waals surface area contributed by atoms with Crippen molar-refractivity contribution in [2.45, 2.75) is 19.8 Å². The van der Waals surface area contributed by atoms with Crippen molar-refractivity contribution in [3.8, 4) is 0 Å². The van der Waals surface area contributed by atoms with Gasteiger partial charge >= 0.3 is 0 Å². The Morgan fingerprint density at radius 3 is 2.33 bits per heavy atom. The van der Waals surface area contributed by atoms with Crippen LogP contribution in [0.25, 0.3) is 0 Å². The highest BCUT2D eigenvalue weighted by Crippen LogP contribution is 1.92. The Kier molecular flexibility index (Phi) is 3.67. The summed E-state index contributed by atoms with van der Waals surface area (Å²) in [5.41, 5.74) is 4.80. The zero-order valence-corrected chi connectivity index (χ0v) is 5.39. The summed E-state index contributed by atoms with van der Waals surface area (Å²) >= 11 is 0. The van der Waals surface area contributed by atoms with Gasteiger partial charge in [0.2, 0.25) is 5.91 Å². The van der Waals surface area contributed by atoms with Crippen molar-refractivity contribution in [1.82, 2.24) is 0 Å². The summed E-state index contributed by atoms with van der Waals surface area (Å²) in [4.78, 5) is 20.3. The second-order valence-electron chi connectivity index (χ2n) is 1.87. The van der Waals surface area contributed by atoms with E-state index in [-0.39, 0.29) is 12.2 Å². The molecule has 0 bridgehead atoms. The number of Topliss-reactive ketones (excluding diaryl/α,β-unsaturated/α-hetero) is 1. The van der Waals surface area contributed by atoms with E-state index in [4.69, 9.17) is 5.73 Å². The highest BCUT2D eigenvalue weighted by Gasteiger charge is 1.96. The monoisotopic (exact) mass is 128 g/mol. The molecule has 0 rings (SSSR count). The molecule has 1 amide bonds. The lowest BCUT2D eigenvalue weighted by atomic mass is 10.2. The summed E-state index contributed by atoms with van der Waals surface area (Å²) < 4.78 is 0. The molecule has 0 heterocycles. The molecule has 3 heteroatoms. The van der Waals surface area contributed by atoms with Crippen LogP contribution in [-0.4, -0.2) is 11.7 Å². The van der Waals surface area contributed by atoms with E-state index in [1.54, 1.807) is 6.42 Å². The molecule has 0 atom stereocenters. The fraction of sp³-hybridized carbons (Fsp3) is 0.500. The second kappa shape index (κ2) is 4.06. The number of hydrogen-bond acceptors (Lipinski definition) is 2. The average molecular weight is 128 g/mol. The van der Waals surface area contributed by atoms with Crippen molar-refractivity contribution < 1.29 is 9.59 Å². The fourth-order valence-corrected chi connectivity index (χ4v) is 0.418. The average Bonchev–Trinajstić information content (AvgIpc) is 1.63. The molecular weight excluding hydrogens is 118 g/mol. The Morgan fingerprint density at radius 2 is 2.00 bits per heavy atom. The van der Waals surface area contributed by atoms with Gasteiger partial charge in [0.15, 0.2) is 0 Å². The van der Waals surface area contributed by atoms with Gasteiger partial charge in [0.25, 0.3) is 0 Å².